The highest BCUT2D eigenvalue weighted by atomic mass is 32.1. The smallest absolute Gasteiger partial charge is 0.407 e. The van der Waals surface area contributed by atoms with E-state index in [0.717, 1.165) is 47.5 Å². The molecule has 2 rings (SSSR count). The van der Waals surface area contributed by atoms with Crippen LogP contribution in [0.2, 0.25) is 0 Å². The SMILES string of the molecule is CN/C(N)=C/C=C(\N)CCCCc1nnc(NC(=O)Cc2ccc(CNC(=O)OC(C)(C)C)cc2)s1. The van der Waals surface area contributed by atoms with Gasteiger partial charge in [-0.25, -0.2) is 4.79 Å². The lowest BCUT2D eigenvalue weighted by Gasteiger charge is -2.19. The molecule has 36 heavy (non-hydrogen) atoms. The van der Waals surface area contributed by atoms with Gasteiger partial charge in [-0.05, 0) is 63.3 Å². The fraction of sp³-hybridized carbons (Fsp3) is 0.440. The first-order valence-electron chi connectivity index (χ1n) is 11.8. The number of hydrogen-bond donors (Lipinski definition) is 5. The topological polar surface area (TPSA) is 157 Å². The van der Waals surface area contributed by atoms with Crippen LogP contribution in [0.1, 0.15) is 56.2 Å². The number of carbonyl (C=O) groups excluding carboxylic acids is 2. The third-order valence-corrected chi connectivity index (χ3v) is 5.71. The molecule has 0 bridgehead atoms. The normalized spacial score (nSPS) is 12.2. The Balaban J connectivity index is 1.71. The van der Waals surface area contributed by atoms with Gasteiger partial charge in [0.1, 0.15) is 10.6 Å². The second-order valence-corrected chi connectivity index (χ2v) is 10.3. The summed E-state index contributed by atoms with van der Waals surface area (Å²) in [6.45, 7) is 5.79. The number of anilines is 1. The summed E-state index contributed by atoms with van der Waals surface area (Å²) in [6.07, 6.45) is 6.67. The molecule has 0 spiro atoms. The number of allylic oxidation sites excluding steroid dienone is 3. The number of carbonyl (C=O) groups is 2. The zero-order valence-electron chi connectivity index (χ0n) is 21.4. The number of hydrogen-bond acceptors (Lipinski definition) is 9. The fourth-order valence-electron chi connectivity index (χ4n) is 2.99. The number of ether oxygens (including phenoxy) is 1. The Kier molecular flexibility index (Phi) is 11.2. The lowest BCUT2D eigenvalue weighted by atomic mass is 10.1. The highest BCUT2D eigenvalue weighted by Crippen LogP contribution is 2.18. The van der Waals surface area contributed by atoms with Crippen LogP contribution in [0.15, 0.2) is 47.9 Å². The van der Waals surface area contributed by atoms with Gasteiger partial charge in [0.15, 0.2) is 0 Å². The molecule has 0 saturated heterocycles. The third-order valence-electron chi connectivity index (χ3n) is 4.81. The summed E-state index contributed by atoms with van der Waals surface area (Å²) in [6, 6.07) is 7.47. The molecule has 11 heteroatoms. The quantitative estimate of drug-likeness (QED) is 0.213. The fourth-order valence-corrected chi connectivity index (χ4v) is 3.78. The Morgan fingerprint density at radius 2 is 1.75 bits per heavy atom. The summed E-state index contributed by atoms with van der Waals surface area (Å²) in [4.78, 5) is 24.2. The van der Waals surface area contributed by atoms with Gasteiger partial charge in [-0.15, -0.1) is 10.2 Å². The van der Waals surface area contributed by atoms with Crippen molar-refractivity contribution in [3.05, 3.63) is 64.1 Å². The molecule has 2 amide bonds. The van der Waals surface area contributed by atoms with E-state index in [2.05, 4.69) is 26.1 Å². The minimum Gasteiger partial charge on any atom is -0.444 e. The Bertz CT molecular complexity index is 1060. The number of alkyl carbamates (subject to hydrolysis) is 1. The van der Waals surface area contributed by atoms with Crippen molar-refractivity contribution >= 4 is 28.5 Å². The first kappa shape index (κ1) is 28.6. The van der Waals surface area contributed by atoms with Crippen LogP contribution in [0.3, 0.4) is 0 Å². The molecule has 1 aromatic heterocycles. The molecule has 0 aliphatic heterocycles. The van der Waals surface area contributed by atoms with Crippen LogP contribution in [0, 0.1) is 0 Å². The van der Waals surface area contributed by atoms with E-state index >= 15 is 0 Å². The van der Waals surface area contributed by atoms with E-state index in [1.54, 1.807) is 19.2 Å². The van der Waals surface area contributed by atoms with Gasteiger partial charge in [-0.1, -0.05) is 35.6 Å². The van der Waals surface area contributed by atoms with E-state index in [-0.39, 0.29) is 12.3 Å². The lowest BCUT2D eigenvalue weighted by molar-refractivity contribution is -0.115. The van der Waals surface area contributed by atoms with Gasteiger partial charge in [-0.3, -0.25) is 4.79 Å². The molecular formula is C25H37N7O3S. The molecule has 0 radical (unpaired) electrons. The molecule has 7 N–H and O–H groups in total. The molecule has 0 aliphatic rings. The zero-order valence-corrected chi connectivity index (χ0v) is 22.2. The average molecular weight is 516 g/mol. The summed E-state index contributed by atoms with van der Waals surface area (Å²) < 4.78 is 5.22. The van der Waals surface area contributed by atoms with Crippen molar-refractivity contribution in [2.45, 2.75) is 65.0 Å². The largest absolute Gasteiger partial charge is 0.444 e. The molecule has 196 valence electrons. The summed E-state index contributed by atoms with van der Waals surface area (Å²) in [5.74, 6) is 0.398. The second kappa shape index (κ2) is 14.1. The van der Waals surface area contributed by atoms with Crippen molar-refractivity contribution in [2.75, 3.05) is 12.4 Å². The lowest BCUT2D eigenvalue weighted by Crippen LogP contribution is -2.32. The minimum absolute atomic E-state index is 0.163. The maximum absolute atomic E-state index is 12.4. The van der Waals surface area contributed by atoms with Crippen molar-refractivity contribution in [1.29, 1.82) is 0 Å². The third kappa shape index (κ3) is 11.7. The molecule has 0 aliphatic carbocycles. The Labute approximate surface area is 216 Å². The highest BCUT2D eigenvalue weighted by molar-refractivity contribution is 7.15. The maximum Gasteiger partial charge on any atom is 0.407 e. The predicted octanol–water partition coefficient (Wildman–Crippen LogP) is 3.32. The Morgan fingerprint density at radius 3 is 2.42 bits per heavy atom. The predicted molar refractivity (Wildman–Crippen MR) is 143 cm³/mol. The Hall–Kier alpha value is -3.60. The van der Waals surface area contributed by atoms with E-state index in [0.29, 0.717) is 17.5 Å². The number of rotatable bonds is 12. The van der Waals surface area contributed by atoms with Crippen LogP contribution >= 0.6 is 11.3 Å². The first-order valence-corrected chi connectivity index (χ1v) is 12.6. The Morgan fingerprint density at radius 1 is 1.06 bits per heavy atom. The number of aromatic nitrogens is 2. The summed E-state index contributed by atoms with van der Waals surface area (Å²) >= 11 is 1.38. The molecule has 0 fully saturated rings. The van der Waals surface area contributed by atoms with Gasteiger partial charge in [0.05, 0.1) is 12.2 Å². The average Bonchev–Trinajstić information content (AvgIpc) is 3.25. The number of amides is 2. The van der Waals surface area contributed by atoms with E-state index in [9.17, 15) is 9.59 Å². The van der Waals surface area contributed by atoms with Gasteiger partial charge < -0.3 is 32.2 Å². The van der Waals surface area contributed by atoms with E-state index in [1.165, 1.54) is 11.3 Å². The molecule has 10 nitrogen and oxygen atoms in total. The minimum atomic E-state index is -0.541. The molecule has 1 aromatic carbocycles. The molecule has 0 unspecified atom stereocenters. The van der Waals surface area contributed by atoms with Crippen LogP contribution in [-0.4, -0.2) is 34.8 Å². The summed E-state index contributed by atoms with van der Waals surface area (Å²) in [7, 11) is 1.75. The van der Waals surface area contributed by atoms with Crippen LogP contribution in [-0.2, 0) is 28.9 Å². The van der Waals surface area contributed by atoms with E-state index in [1.807, 2.05) is 45.0 Å². The van der Waals surface area contributed by atoms with Crippen molar-refractivity contribution in [3.63, 3.8) is 0 Å². The van der Waals surface area contributed by atoms with Gasteiger partial charge in [0.25, 0.3) is 0 Å². The number of unbranched alkanes of at least 4 members (excludes halogenated alkanes) is 1. The van der Waals surface area contributed by atoms with Crippen LogP contribution in [0.5, 0.6) is 0 Å². The maximum atomic E-state index is 12.4. The number of nitrogens with two attached hydrogens (primary N) is 2. The number of aryl methyl sites for hydroxylation is 1. The van der Waals surface area contributed by atoms with Crippen molar-refractivity contribution in [1.82, 2.24) is 20.8 Å². The van der Waals surface area contributed by atoms with Gasteiger partial charge in [0.2, 0.25) is 11.0 Å². The van der Waals surface area contributed by atoms with Crippen molar-refractivity contribution < 1.29 is 14.3 Å². The van der Waals surface area contributed by atoms with Gasteiger partial charge in [0, 0.05) is 25.7 Å². The van der Waals surface area contributed by atoms with E-state index < -0.39 is 11.7 Å². The van der Waals surface area contributed by atoms with Crippen molar-refractivity contribution in [3.8, 4) is 0 Å². The number of benzene rings is 1. The first-order chi connectivity index (χ1) is 17.0. The zero-order chi connectivity index (χ0) is 26.6. The van der Waals surface area contributed by atoms with Gasteiger partial charge in [-0.2, -0.15) is 0 Å². The van der Waals surface area contributed by atoms with Gasteiger partial charge >= 0.3 is 6.09 Å². The molecular weight excluding hydrogens is 478 g/mol. The molecule has 2 aromatic rings. The van der Waals surface area contributed by atoms with E-state index in [4.69, 9.17) is 16.2 Å². The highest BCUT2D eigenvalue weighted by Gasteiger charge is 2.15. The summed E-state index contributed by atoms with van der Waals surface area (Å²) in [5, 5.41) is 17.9. The van der Waals surface area contributed by atoms with Crippen LogP contribution < -0.4 is 27.4 Å². The number of nitrogens with one attached hydrogen (secondary N) is 3. The standard InChI is InChI=1S/C25H37N7O3S/c1-25(2,3)35-24(34)29-16-18-11-9-17(10-12-18)15-21(33)30-23-32-31-22(36-23)8-6-5-7-19(26)13-14-20(27)28-4/h9-14,28H,5-8,15-16,26-27H2,1-4H3,(H,29,34)(H,30,32,33)/b19-13-,20-14+. The summed E-state index contributed by atoms with van der Waals surface area (Å²) in [5.41, 5.74) is 13.6. The molecule has 0 atom stereocenters. The van der Waals surface area contributed by atoms with Crippen LogP contribution in [0.4, 0.5) is 9.93 Å². The second-order valence-electron chi connectivity index (χ2n) is 9.22. The van der Waals surface area contributed by atoms with Crippen molar-refractivity contribution in [2.24, 2.45) is 11.5 Å². The number of nitrogens with zero attached hydrogens (tertiary/aromatic N) is 2. The molecule has 1 heterocycles. The van der Waals surface area contributed by atoms with Crippen LogP contribution in [0.25, 0.3) is 0 Å². The molecule has 0 saturated carbocycles. The monoisotopic (exact) mass is 515 g/mol.